The molecule has 0 aromatic heterocycles. The van der Waals surface area contributed by atoms with E-state index < -0.39 is 0 Å². The van der Waals surface area contributed by atoms with Crippen molar-refractivity contribution in [2.24, 2.45) is 17.8 Å². The van der Waals surface area contributed by atoms with Crippen LogP contribution in [0.1, 0.15) is 40.0 Å². The number of rotatable bonds is 10. The van der Waals surface area contributed by atoms with Gasteiger partial charge in [-0.05, 0) is 43.6 Å². The summed E-state index contributed by atoms with van der Waals surface area (Å²) >= 11 is 0. The second-order valence-electron chi connectivity index (χ2n) is 6.80. The lowest BCUT2D eigenvalue weighted by molar-refractivity contribution is 0.0729. The third-order valence-electron chi connectivity index (χ3n) is 4.83. The molecule has 1 rings (SSSR count). The average molecular weight is 300 g/mol. The fourth-order valence-electron chi connectivity index (χ4n) is 3.74. The second kappa shape index (κ2) is 10.5. The maximum atomic E-state index is 9.28. The van der Waals surface area contributed by atoms with Crippen molar-refractivity contribution in [1.29, 1.82) is 0 Å². The number of hydrogen-bond donors (Lipinski definition) is 2. The number of aliphatic hydroxyl groups excluding tert-OH is 1. The molecule has 0 aliphatic heterocycles. The summed E-state index contributed by atoms with van der Waals surface area (Å²) in [6.07, 6.45) is 3.80. The number of aliphatic hydroxyl groups is 1. The fourth-order valence-corrected chi connectivity index (χ4v) is 3.74. The van der Waals surface area contributed by atoms with Crippen LogP contribution in [0.5, 0.6) is 0 Å². The molecule has 21 heavy (non-hydrogen) atoms. The van der Waals surface area contributed by atoms with E-state index >= 15 is 0 Å². The van der Waals surface area contributed by atoms with Crippen LogP contribution in [-0.2, 0) is 4.74 Å². The molecule has 0 spiro atoms. The van der Waals surface area contributed by atoms with Crippen molar-refractivity contribution in [3.05, 3.63) is 0 Å². The Hall–Kier alpha value is -0.160. The van der Waals surface area contributed by atoms with Crippen molar-refractivity contribution < 1.29 is 9.84 Å². The number of nitrogens with one attached hydrogen (secondary N) is 1. The first-order chi connectivity index (χ1) is 10.1. The SMILES string of the molecule is CCCNC1CC(C)CC(C)C1CN(CCO)CCOC. The van der Waals surface area contributed by atoms with E-state index in [2.05, 4.69) is 31.0 Å². The highest BCUT2D eigenvalue weighted by molar-refractivity contribution is 4.89. The fraction of sp³-hybridized carbons (Fsp3) is 1.00. The molecule has 1 saturated carbocycles. The molecule has 4 unspecified atom stereocenters. The first-order valence-electron chi connectivity index (χ1n) is 8.67. The summed E-state index contributed by atoms with van der Waals surface area (Å²) in [7, 11) is 1.74. The summed E-state index contributed by atoms with van der Waals surface area (Å²) < 4.78 is 5.20. The minimum atomic E-state index is 0.230. The summed E-state index contributed by atoms with van der Waals surface area (Å²) in [6.45, 7) is 11.8. The predicted molar refractivity (Wildman–Crippen MR) is 88.5 cm³/mol. The summed E-state index contributed by atoms with van der Waals surface area (Å²) in [5, 5.41) is 13.0. The Labute approximate surface area is 131 Å². The van der Waals surface area contributed by atoms with Crippen LogP contribution in [0.15, 0.2) is 0 Å². The number of hydrogen-bond acceptors (Lipinski definition) is 4. The van der Waals surface area contributed by atoms with Crippen molar-refractivity contribution in [2.75, 3.05) is 46.5 Å². The Morgan fingerprint density at radius 3 is 2.62 bits per heavy atom. The van der Waals surface area contributed by atoms with Gasteiger partial charge in [-0.15, -0.1) is 0 Å². The average Bonchev–Trinajstić information content (AvgIpc) is 2.45. The zero-order valence-corrected chi connectivity index (χ0v) is 14.5. The van der Waals surface area contributed by atoms with Gasteiger partial charge in [0.1, 0.15) is 0 Å². The van der Waals surface area contributed by atoms with E-state index in [9.17, 15) is 5.11 Å². The lowest BCUT2D eigenvalue weighted by atomic mass is 9.72. The lowest BCUT2D eigenvalue weighted by Gasteiger charge is -2.42. The minimum absolute atomic E-state index is 0.230. The van der Waals surface area contributed by atoms with Crippen molar-refractivity contribution in [1.82, 2.24) is 10.2 Å². The van der Waals surface area contributed by atoms with E-state index in [-0.39, 0.29) is 6.61 Å². The summed E-state index contributed by atoms with van der Waals surface area (Å²) in [4.78, 5) is 2.36. The van der Waals surface area contributed by atoms with E-state index in [1.165, 1.54) is 19.3 Å². The Balaban J connectivity index is 2.62. The highest BCUT2D eigenvalue weighted by atomic mass is 16.5. The number of ether oxygens (including phenoxy) is 1. The molecule has 126 valence electrons. The van der Waals surface area contributed by atoms with Gasteiger partial charge in [0, 0.05) is 32.8 Å². The van der Waals surface area contributed by atoms with Crippen LogP contribution in [0.2, 0.25) is 0 Å². The van der Waals surface area contributed by atoms with E-state index in [1.807, 2.05) is 0 Å². The molecule has 2 N–H and O–H groups in total. The third kappa shape index (κ3) is 6.64. The van der Waals surface area contributed by atoms with Crippen LogP contribution in [-0.4, -0.2) is 62.6 Å². The highest BCUT2D eigenvalue weighted by Gasteiger charge is 2.34. The van der Waals surface area contributed by atoms with Gasteiger partial charge in [0.15, 0.2) is 0 Å². The first-order valence-corrected chi connectivity index (χ1v) is 8.67. The largest absolute Gasteiger partial charge is 0.395 e. The van der Waals surface area contributed by atoms with E-state index in [0.29, 0.717) is 12.0 Å². The van der Waals surface area contributed by atoms with E-state index in [1.54, 1.807) is 7.11 Å². The molecule has 0 amide bonds. The van der Waals surface area contributed by atoms with Crippen molar-refractivity contribution in [2.45, 2.75) is 46.1 Å². The van der Waals surface area contributed by atoms with Crippen molar-refractivity contribution >= 4 is 0 Å². The molecule has 0 saturated heterocycles. The van der Waals surface area contributed by atoms with Gasteiger partial charge in [0.25, 0.3) is 0 Å². The third-order valence-corrected chi connectivity index (χ3v) is 4.83. The van der Waals surface area contributed by atoms with E-state index in [0.717, 1.165) is 44.6 Å². The highest BCUT2D eigenvalue weighted by Crippen LogP contribution is 2.34. The maximum absolute atomic E-state index is 9.28. The van der Waals surface area contributed by atoms with Crippen molar-refractivity contribution in [3.63, 3.8) is 0 Å². The number of methoxy groups -OCH3 is 1. The van der Waals surface area contributed by atoms with Crippen LogP contribution in [0.25, 0.3) is 0 Å². The zero-order valence-electron chi connectivity index (χ0n) is 14.5. The molecule has 1 aliphatic rings. The van der Waals surface area contributed by atoms with Gasteiger partial charge >= 0.3 is 0 Å². The molecule has 0 heterocycles. The minimum Gasteiger partial charge on any atom is -0.395 e. The summed E-state index contributed by atoms with van der Waals surface area (Å²) in [5.74, 6) is 2.24. The Morgan fingerprint density at radius 2 is 2.00 bits per heavy atom. The molecule has 0 aromatic rings. The standard InChI is InChI=1S/C17H36N2O2/c1-5-6-18-17-12-14(2)11-15(3)16(17)13-19(7-9-20)8-10-21-4/h14-18,20H,5-13H2,1-4H3. The molecule has 1 aliphatic carbocycles. The van der Waals surface area contributed by atoms with Crippen LogP contribution in [0.3, 0.4) is 0 Å². The summed E-state index contributed by atoms with van der Waals surface area (Å²) in [5.41, 5.74) is 0. The van der Waals surface area contributed by atoms with Crippen LogP contribution >= 0.6 is 0 Å². The molecule has 4 heteroatoms. The van der Waals surface area contributed by atoms with Gasteiger partial charge in [0.05, 0.1) is 13.2 Å². The normalized spacial score (nSPS) is 30.0. The topological polar surface area (TPSA) is 44.7 Å². The molecule has 1 fully saturated rings. The van der Waals surface area contributed by atoms with Crippen molar-refractivity contribution in [3.8, 4) is 0 Å². The van der Waals surface area contributed by atoms with E-state index in [4.69, 9.17) is 4.74 Å². The van der Waals surface area contributed by atoms with Gasteiger partial charge in [-0.2, -0.15) is 0 Å². The maximum Gasteiger partial charge on any atom is 0.0589 e. The Morgan fingerprint density at radius 1 is 1.24 bits per heavy atom. The second-order valence-corrected chi connectivity index (χ2v) is 6.80. The first kappa shape index (κ1) is 18.9. The zero-order chi connectivity index (χ0) is 15.7. The number of nitrogens with zero attached hydrogens (tertiary/aromatic N) is 1. The smallest absolute Gasteiger partial charge is 0.0589 e. The molecule has 0 radical (unpaired) electrons. The monoisotopic (exact) mass is 300 g/mol. The molecule has 4 atom stereocenters. The molecule has 4 nitrogen and oxygen atoms in total. The van der Waals surface area contributed by atoms with Gasteiger partial charge in [-0.25, -0.2) is 0 Å². The Bertz CT molecular complexity index is 263. The van der Waals surface area contributed by atoms with Crippen LogP contribution in [0.4, 0.5) is 0 Å². The molecule has 0 aromatic carbocycles. The quantitative estimate of drug-likeness (QED) is 0.647. The van der Waals surface area contributed by atoms with Gasteiger partial charge in [0.2, 0.25) is 0 Å². The molecular weight excluding hydrogens is 264 g/mol. The van der Waals surface area contributed by atoms with Crippen LogP contribution < -0.4 is 5.32 Å². The van der Waals surface area contributed by atoms with Gasteiger partial charge in [-0.1, -0.05) is 20.8 Å². The predicted octanol–water partition coefficient (Wildman–Crippen LogP) is 1.98. The summed E-state index contributed by atoms with van der Waals surface area (Å²) in [6, 6.07) is 0.618. The van der Waals surface area contributed by atoms with Gasteiger partial charge < -0.3 is 15.2 Å². The molecule has 0 bridgehead atoms. The lowest BCUT2D eigenvalue weighted by Crippen LogP contribution is -2.50. The van der Waals surface area contributed by atoms with Crippen LogP contribution in [0, 0.1) is 17.8 Å². The Kier molecular flexibility index (Phi) is 9.49. The van der Waals surface area contributed by atoms with Gasteiger partial charge in [-0.3, -0.25) is 4.90 Å². The molecular formula is C17H36N2O2.